The monoisotopic (exact) mass is 401 g/mol. The van der Waals surface area contributed by atoms with Crippen LogP contribution >= 0.6 is 11.8 Å². The Morgan fingerprint density at radius 3 is 2.39 bits per heavy atom. The molecule has 0 spiro atoms. The fourth-order valence-electron chi connectivity index (χ4n) is 2.85. The van der Waals surface area contributed by atoms with Crippen molar-refractivity contribution < 1.29 is 13.6 Å². The molecule has 1 fully saturated rings. The van der Waals surface area contributed by atoms with Gasteiger partial charge in [0.2, 0.25) is 0 Å². The smallest absolute Gasteiger partial charge is 0.266 e. The van der Waals surface area contributed by atoms with Gasteiger partial charge >= 0.3 is 0 Å². The van der Waals surface area contributed by atoms with Gasteiger partial charge in [-0.15, -0.1) is 0 Å². The molecule has 0 N–H and O–H groups in total. The number of hydrogen-bond acceptors (Lipinski definition) is 4. The highest BCUT2D eigenvalue weighted by molar-refractivity contribution is 8.18. The maximum absolute atomic E-state index is 13.9. The number of carbonyl (C=O) groups is 1. The first-order chi connectivity index (χ1) is 13.4. The third-order valence-corrected chi connectivity index (χ3v) is 5.51. The lowest BCUT2D eigenvalue weighted by Gasteiger charge is -2.20. The van der Waals surface area contributed by atoms with E-state index in [0.29, 0.717) is 10.1 Å². The van der Waals surface area contributed by atoms with E-state index in [1.807, 2.05) is 24.3 Å². The van der Waals surface area contributed by atoms with E-state index in [0.717, 1.165) is 36.5 Å². The second-order valence-corrected chi connectivity index (χ2v) is 7.24. The molecule has 0 aromatic heterocycles. The molecular weight excluding hydrogens is 380 g/mol. The molecule has 0 saturated carbocycles. The number of halogens is 2. The van der Waals surface area contributed by atoms with E-state index >= 15 is 0 Å². The number of amidine groups is 1. The Morgan fingerprint density at radius 2 is 1.79 bits per heavy atom. The van der Waals surface area contributed by atoms with Crippen LogP contribution in [0.25, 0.3) is 6.08 Å². The molecule has 1 aliphatic rings. The highest BCUT2D eigenvalue weighted by atomic mass is 32.2. The van der Waals surface area contributed by atoms with E-state index in [4.69, 9.17) is 0 Å². The Morgan fingerprint density at radius 1 is 1.11 bits per heavy atom. The summed E-state index contributed by atoms with van der Waals surface area (Å²) in [6.45, 7) is 6.06. The molecule has 2 aromatic rings. The number of aliphatic imine (C=N–C) groups is 1. The Balaban J connectivity index is 1.84. The number of anilines is 1. The van der Waals surface area contributed by atoms with Crippen molar-refractivity contribution in [2.45, 2.75) is 13.8 Å². The Kier molecular flexibility index (Phi) is 6.14. The Labute approximate surface area is 167 Å². The van der Waals surface area contributed by atoms with Crippen LogP contribution in [0.1, 0.15) is 19.4 Å². The van der Waals surface area contributed by atoms with Gasteiger partial charge in [-0.3, -0.25) is 9.69 Å². The summed E-state index contributed by atoms with van der Waals surface area (Å²) in [6.07, 6.45) is 1.79. The molecule has 4 nitrogen and oxygen atoms in total. The summed E-state index contributed by atoms with van der Waals surface area (Å²) >= 11 is 1.17. The van der Waals surface area contributed by atoms with E-state index in [1.165, 1.54) is 22.7 Å². The van der Waals surface area contributed by atoms with Gasteiger partial charge in [-0.25, -0.2) is 13.8 Å². The van der Waals surface area contributed by atoms with Crippen LogP contribution in [0, 0.1) is 11.6 Å². The summed E-state index contributed by atoms with van der Waals surface area (Å²) in [5, 5.41) is 0.349. The van der Waals surface area contributed by atoms with Crippen LogP contribution in [-0.4, -0.2) is 36.1 Å². The molecule has 3 rings (SSSR count). The molecule has 0 atom stereocenters. The van der Waals surface area contributed by atoms with Crippen molar-refractivity contribution in [1.29, 1.82) is 0 Å². The van der Waals surface area contributed by atoms with Gasteiger partial charge in [-0.05, 0) is 61.5 Å². The van der Waals surface area contributed by atoms with E-state index < -0.39 is 11.6 Å². The van der Waals surface area contributed by atoms with Crippen LogP contribution < -0.4 is 4.90 Å². The molecule has 2 aromatic carbocycles. The summed E-state index contributed by atoms with van der Waals surface area (Å²) < 4.78 is 26.9. The summed E-state index contributed by atoms with van der Waals surface area (Å²) in [4.78, 5) is 20.8. The van der Waals surface area contributed by atoms with Gasteiger partial charge in [0.15, 0.2) is 11.0 Å². The SMILES string of the molecule is CCN(CC)c1ccc(/C=C2/SC(=Nc3ccc(F)cc3F)N(C)C2=O)cc1. The van der Waals surface area contributed by atoms with Crippen molar-refractivity contribution >= 4 is 40.3 Å². The molecule has 1 aliphatic heterocycles. The first kappa shape index (κ1) is 20.1. The fraction of sp³-hybridized carbons (Fsp3) is 0.238. The van der Waals surface area contributed by atoms with Gasteiger partial charge in [0.25, 0.3) is 5.91 Å². The zero-order valence-electron chi connectivity index (χ0n) is 15.9. The van der Waals surface area contributed by atoms with Crippen molar-refractivity contribution in [1.82, 2.24) is 4.90 Å². The number of hydrogen-bond donors (Lipinski definition) is 0. The molecule has 1 heterocycles. The fourth-order valence-corrected chi connectivity index (χ4v) is 3.83. The largest absolute Gasteiger partial charge is 0.372 e. The van der Waals surface area contributed by atoms with Gasteiger partial charge in [-0.1, -0.05) is 12.1 Å². The van der Waals surface area contributed by atoms with Crippen LogP contribution in [0.15, 0.2) is 52.4 Å². The minimum atomic E-state index is -0.765. The molecule has 1 saturated heterocycles. The predicted octanol–water partition coefficient (Wildman–Crippen LogP) is 5.04. The van der Waals surface area contributed by atoms with Gasteiger partial charge in [-0.2, -0.15) is 0 Å². The van der Waals surface area contributed by atoms with Crippen LogP contribution in [-0.2, 0) is 4.79 Å². The molecule has 28 heavy (non-hydrogen) atoms. The summed E-state index contributed by atoms with van der Waals surface area (Å²) in [7, 11) is 1.58. The highest BCUT2D eigenvalue weighted by Gasteiger charge is 2.30. The second kappa shape index (κ2) is 8.56. The topological polar surface area (TPSA) is 35.9 Å². The summed E-state index contributed by atoms with van der Waals surface area (Å²) in [6, 6.07) is 11.1. The lowest BCUT2D eigenvalue weighted by atomic mass is 10.1. The number of carbonyl (C=O) groups excluding carboxylic acids is 1. The minimum absolute atomic E-state index is 0.00613. The van der Waals surface area contributed by atoms with E-state index in [1.54, 1.807) is 13.1 Å². The van der Waals surface area contributed by atoms with E-state index in [2.05, 4.69) is 23.7 Å². The number of nitrogens with zero attached hydrogens (tertiary/aromatic N) is 3. The van der Waals surface area contributed by atoms with Crippen LogP contribution in [0.5, 0.6) is 0 Å². The molecule has 7 heteroatoms. The van der Waals surface area contributed by atoms with Gasteiger partial charge in [0, 0.05) is 31.9 Å². The van der Waals surface area contributed by atoms with Gasteiger partial charge in [0.05, 0.1) is 4.91 Å². The summed E-state index contributed by atoms with van der Waals surface area (Å²) in [5.74, 6) is -1.64. The maximum Gasteiger partial charge on any atom is 0.266 e. The lowest BCUT2D eigenvalue weighted by molar-refractivity contribution is -0.121. The Hall–Kier alpha value is -2.67. The lowest BCUT2D eigenvalue weighted by Crippen LogP contribution is -2.23. The number of likely N-dealkylation sites (N-methyl/N-ethyl adjacent to an activating group) is 1. The van der Waals surface area contributed by atoms with Crippen molar-refractivity contribution in [2.24, 2.45) is 4.99 Å². The van der Waals surface area contributed by atoms with Crippen molar-refractivity contribution in [3.05, 3.63) is 64.6 Å². The van der Waals surface area contributed by atoms with E-state index in [-0.39, 0.29) is 11.6 Å². The van der Waals surface area contributed by atoms with Crippen molar-refractivity contribution in [3.63, 3.8) is 0 Å². The average Bonchev–Trinajstić information content (AvgIpc) is 2.94. The first-order valence-corrected chi connectivity index (χ1v) is 9.81. The number of amides is 1. The van der Waals surface area contributed by atoms with Crippen LogP contribution in [0.2, 0.25) is 0 Å². The number of rotatable bonds is 5. The molecule has 0 aliphatic carbocycles. The van der Waals surface area contributed by atoms with E-state index in [9.17, 15) is 13.6 Å². The number of benzene rings is 2. The van der Waals surface area contributed by atoms with Crippen molar-refractivity contribution in [3.8, 4) is 0 Å². The molecule has 0 radical (unpaired) electrons. The van der Waals surface area contributed by atoms with Gasteiger partial charge < -0.3 is 4.90 Å². The minimum Gasteiger partial charge on any atom is -0.372 e. The molecule has 1 amide bonds. The maximum atomic E-state index is 13.9. The zero-order chi connectivity index (χ0) is 20.3. The Bertz CT molecular complexity index is 937. The average molecular weight is 401 g/mol. The molecular formula is C21H21F2N3OS. The molecule has 146 valence electrons. The van der Waals surface area contributed by atoms with Crippen LogP contribution in [0.3, 0.4) is 0 Å². The second-order valence-electron chi connectivity index (χ2n) is 6.23. The third-order valence-electron chi connectivity index (χ3n) is 4.45. The number of thioether (sulfide) groups is 1. The third kappa shape index (κ3) is 4.25. The normalized spacial score (nSPS) is 17.0. The molecule has 0 unspecified atom stereocenters. The van der Waals surface area contributed by atoms with Gasteiger partial charge in [0.1, 0.15) is 11.5 Å². The first-order valence-electron chi connectivity index (χ1n) is 8.99. The molecule has 0 bridgehead atoms. The van der Waals surface area contributed by atoms with Crippen LogP contribution in [0.4, 0.5) is 20.2 Å². The summed E-state index contributed by atoms with van der Waals surface area (Å²) in [5.41, 5.74) is 2.02. The standard InChI is InChI=1S/C21H21F2N3OS/c1-4-26(5-2)16-9-6-14(7-10-16)12-19-20(27)25(3)21(28-19)24-18-11-8-15(22)13-17(18)23/h6-13H,4-5H2,1-3H3/b19-12+,24-21?. The zero-order valence-corrected chi connectivity index (χ0v) is 16.8. The van der Waals surface area contributed by atoms with Crippen molar-refractivity contribution in [2.75, 3.05) is 25.0 Å². The highest BCUT2D eigenvalue weighted by Crippen LogP contribution is 2.34. The predicted molar refractivity (Wildman–Crippen MR) is 112 cm³/mol. The quantitative estimate of drug-likeness (QED) is 0.658.